The number of hydrogen-bond donors (Lipinski definition) is 0. The van der Waals surface area contributed by atoms with Gasteiger partial charge in [-0.3, -0.25) is 0 Å². The molecule has 0 N–H and O–H groups in total. The highest BCUT2D eigenvalue weighted by molar-refractivity contribution is 5.68. The Balaban J connectivity index is 1.57. The molecule has 0 bridgehead atoms. The Labute approximate surface area is 145 Å². The minimum atomic E-state index is -0.178. The third-order valence-electron chi connectivity index (χ3n) is 5.73. The Morgan fingerprint density at radius 1 is 1.21 bits per heavy atom. The van der Waals surface area contributed by atoms with Crippen LogP contribution < -0.4 is 0 Å². The van der Waals surface area contributed by atoms with E-state index in [0.717, 1.165) is 31.6 Å². The van der Waals surface area contributed by atoms with Crippen LogP contribution >= 0.6 is 0 Å². The van der Waals surface area contributed by atoms with Crippen LogP contribution in [0.2, 0.25) is 0 Å². The fourth-order valence-electron chi connectivity index (χ4n) is 4.53. The number of likely N-dealkylation sites (tertiary alicyclic amines) is 2. The van der Waals surface area contributed by atoms with Gasteiger partial charge in [-0.2, -0.15) is 0 Å². The molecule has 24 heavy (non-hydrogen) atoms. The van der Waals surface area contributed by atoms with Gasteiger partial charge in [-0.05, 0) is 30.9 Å². The average Bonchev–Trinajstić information content (AvgIpc) is 3.06. The van der Waals surface area contributed by atoms with E-state index in [0.29, 0.717) is 18.1 Å². The van der Waals surface area contributed by atoms with Crippen molar-refractivity contribution in [2.45, 2.75) is 46.3 Å². The normalized spacial score (nSPS) is 29.8. The molecule has 4 heteroatoms. The third-order valence-corrected chi connectivity index (χ3v) is 5.73. The lowest BCUT2D eigenvalue weighted by Gasteiger charge is -2.35. The smallest absolute Gasteiger partial charge is 0.410 e. The number of amides is 1. The molecular formula is C20H30N2O2. The summed E-state index contributed by atoms with van der Waals surface area (Å²) in [5, 5.41) is 0. The molecule has 0 spiro atoms. The van der Waals surface area contributed by atoms with E-state index < -0.39 is 0 Å². The first kappa shape index (κ1) is 17.3. The standard InChI is InChI=1S/C20H30N2O2/c1-19(2)12-17(21(4)14-19)20(3)10-11-22(15-20)18(23)24-13-16-8-6-5-7-9-16/h5-9,17H,10-15H2,1-4H3/t17-,20+/m0/s1. The lowest BCUT2D eigenvalue weighted by atomic mass is 9.76. The van der Waals surface area contributed by atoms with E-state index in [-0.39, 0.29) is 11.5 Å². The summed E-state index contributed by atoms with van der Waals surface area (Å²) in [5.74, 6) is 0. The van der Waals surface area contributed by atoms with Gasteiger partial charge in [0, 0.05) is 31.1 Å². The van der Waals surface area contributed by atoms with Gasteiger partial charge in [0.1, 0.15) is 6.61 Å². The summed E-state index contributed by atoms with van der Waals surface area (Å²) >= 11 is 0. The predicted molar refractivity (Wildman–Crippen MR) is 95.7 cm³/mol. The second kappa shape index (κ2) is 6.40. The van der Waals surface area contributed by atoms with Gasteiger partial charge in [-0.15, -0.1) is 0 Å². The number of carbonyl (C=O) groups excluding carboxylic acids is 1. The van der Waals surface area contributed by atoms with Gasteiger partial charge in [-0.25, -0.2) is 4.79 Å². The molecule has 0 aliphatic carbocycles. The fraction of sp³-hybridized carbons (Fsp3) is 0.650. The van der Waals surface area contributed by atoms with Crippen molar-refractivity contribution in [3.05, 3.63) is 35.9 Å². The molecule has 2 fully saturated rings. The molecule has 132 valence electrons. The monoisotopic (exact) mass is 330 g/mol. The van der Waals surface area contributed by atoms with Gasteiger partial charge >= 0.3 is 6.09 Å². The number of hydrogen-bond acceptors (Lipinski definition) is 3. The van der Waals surface area contributed by atoms with Crippen LogP contribution in [0.4, 0.5) is 4.79 Å². The SMILES string of the molecule is CN1CC(C)(C)C[C@H]1[C@]1(C)CCN(C(=O)OCc2ccccc2)C1. The van der Waals surface area contributed by atoms with Gasteiger partial charge < -0.3 is 14.5 Å². The van der Waals surface area contributed by atoms with Gasteiger partial charge in [0.2, 0.25) is 0 Å². The van der Waals surface area contributed by atoms with Crippen molar-refractivity contribution >= 4 is 6.09 Å². The highest BCUT2D eigenvalue weighted by Crippen LogP contribution is 2.45. The molecule has 2 aliphatic heterocycles. The molecule has 2 saturated heterocycles. The minimum Gasteiger partial charge on any atom is -0.445 e. The third kappa shape index (κ3) is 3.59. The molecule has 4 nitrogen and oxygen atoms in total. The Kier molecular flexibility index (Phi) is 4.60. The summed E-state index contributed by atoms with van der Waals surface area (Å²) < 4.78 is 5.51. The van der Waals surface area contributed by atoms with Crippen LogP contribution in [-0.4, -0.2) is 48.6 Å². The number of carbonyl (C=O) groups is 1. The number of ether oxygens (including phenoxy) is 1. The highest BCUT2D eigenvalue weighted by atomic mass is 16.6. The van der Waals surface area contributed by atoms with Gasteiger partial charge in [-0.1, -0.05) is 51.1 Å². The van der Waals surface area contributed by atoms with Crippen LogP contribution in [0.15, 0.2) is 30.3 Å². The van der Waals surface area contributed by atoms with Crippen molar-refractivity contribution in [3.8, 4) is 0 Å². The van der Waals surface area contributed by atoms with Crippen LogP contribution in [-0.2, 0) is 11.3 Å². The quantitative estimate of drug-likeness (QED) is 0.846. The summed E-state index contributed by atoms with van der Waals surface area (Å²) in [4.78, 5) is 16.8. The lowest BCUT2D eigenvalue weighted by Crippen LogP contribution is -2.43. The molecule has 0 saturated carbocycles. The number of rotatable bonds is 3. The van der Waals surface area contributed by atoms with E-state index in [1.54, 1.807) is 0 Å². The molecule has 0 radical (unpaired) electrons. The van der Waals surface area contributed by atoms with Gasteiger partial charge in [0.25, 0.3) is 0 Å². The van der Waals surface area contributed by atoms with Crippen LogP contribution in [0, 0.1) is 10.8 Å². The molecule has 0 aromatic heterocycles. The predicted octanol–water partition coefficient (Wildman–Crippen LogP) is 3.77. The van der Waals surface area contributed by atoms with Crippen molar-refractivity contribution in [3.63, 3.8) is 0 Å². The second-order valence-electron chi connectivity index (χ2n) is 8.67. The summed E-state index contributed by atoms with van der Waals surface area (Å²) in [7, 11) is 2.22. The Morgan fingerprint density at radius 3 is 2.54 bits per heavy atom. The fourth-order valence-corrected chi connectivity index (χ4v) is 4.53. The Morgan fingerprint density at radius 2 is 1.92 bits per heavy atom. The van der Waals surface area contributed by atoms with Crippen LogP contribution in [0.1, 0.15) is 39.2 Å². The zero-order valence-corrected chi connectivity index (χ0v) is 15.4. The molecule has 2 atom stereocenters. The summed E-state index contributed by atoms with van der Waals surface area (Å²) in [5.41, 5.74) is 1.56. The maximum absolute atomic E-state index is 12.4. The molecule has 2 heterocycles. The number of benzene rings is 1. The van der Waals surface area contributed by atoms with Crippen molar-refractivity contribution in [2.75, 3.05) is 26.7 Å². The maximum atomic E-state index is 12.4. The van der Waals surface area contributed by atoms with E-state index in [9.17, 15) is 4.79 Å². The first-order chi connectivity index (χ1) is 11.3. The molecule has 1 aromatic rings. The van der Waals surface area contributed by atoms with E-state index in [1.807, 2.05) is 35.2 Å². The van der Waals surface area contributed by atoms with Crippen LogP contribution in [0.25, 0.3) is 0 Å². The number of nitrogens with zero attached hydrogens (tertiary/aromatic N) is 2. The summed E-state index contributed by atoms with van der Waals surface area (Å²) in [6.07, 6.45) is 2.08. The van der Waals surface area contributed by atoms with E-state index >= 15 is 0 Å². The molecule has 2 aliphatic rings. The molecular weight excluding hydrogens is 300 g/mol. The molecule has 1 amide bonds. The zero-order chi connectivity index (χ0) is 17.4. The molecule has 3 rings (SSSR count). The van der Waals surface area contributed by atoms with Crippen LogP contribution in [0.3, 0.4) is 0 Å². The minimum absolute atomic E-state index is 0.161. The summed E-state index contributed by atoms with van der Waals surface area (Å²) in [6.45, 7) is 10.1. The topological polar surface area (TPSA) is 32.8 Å². The van der Waals surface area contributed by atoms with E-state index in [4.69, 9.17) is 4.74 Å². The largest absolute Gasteiger partial charge is 0.445 e. The van der Waals surface area contributed by atoms with Crippen LogP contribution in [0.5, 0.6) is 0 Å². The Bertz CT molecular complexity index is 587. The molecule has 0 unspecified atom stereocenters. The first-order valence-electron chi connectivity index (χ1n) is 8.95. The van der Waals surface area contributed by atoms with Crippen molar-refractivity contribution in [1.82, 2.24) is 9.80 Å². The molecule has 1 aromatic carbocycles. The second-order valence-corrected chi connectivity index (χ2v) is 8.67. The highest BCUT2D eigenvalue weighted by Gasteiger charge is 2.49. The Hall–Kier alpha value is -1.55. The summed E-state index contributed by atoms with van der Waals surface area (Å²) in [6, 6.07) is 10.4. The van der Waals surface area contributed by atoms with E-state index in [2.05, 4.69) is 32.7 Å². The van der Waals surface area contributed by atoms with Gasteiger partial charge in [0.15, 0.2) is 0 Å². The van der Waals surface area contributed by atoms with Crippen molar-refractivity contribution in [2.24, 2.45) is 10.8 Å². The van der Waals surface area contributed by atoms with E-state index in [1.165, 1.54) is 6.42 Å². The first-order valence-corrected chi connectivity index (χ1v) is 8.95. The lowest BCUT2D eigenvalue weighted by molar-refractivity contribution is 0.0910. The van der Waals surface area contributed by atoms with Crippen molar-refractivity contribution < 1.29 is 9.53 Å². The zero-order valence-electron chi connectivity index (χ0n) is 15.4. The maximum Gasteiger partial charge on any atom is 0.410 e. The van der Waals surface area contributed by atoms with Crippen molar-refractivity contribution in [1.29, 1.82) is 0 Å². The average molecular weight is 330 g/mol. The van der Waals surface area contributed by atoms with Gasteiger partial charge in [0.05, 0.1) is 0 Å².